The number of pyridine rings is 1. The van der Waals surface area contributed by atoms with Crippen molar-refractivity contribution in [1.29, 1.82) is 0 Å². The van der Waals surface area contributed by atoms with E-state index in [9.17, 15) is 9.90 Å². The smallest absolute Gasteiger partial charge is 0.321 e. The van der Waals surface area contributed by atoms with Crippen LogP contribution in [0.5, 0.6) is 0 Å². The van der Waals surface area contributed by atoms with Gasteiger partial charge in [-0.25, -0.2) is 0 Å². The third-order valence-electron chi connectivity index (χ3n) is 9.37. The first-order valence-corrected chi connectivity index (χ1v) is 15.0. The number of hydrogen-bond acceptors (Lipinski definition) is 5. The van der Waals surface area contributed by atoms with Crippen molar-refractivity contribution in [2.45, 2.75) is 76.3 Å². The Morgan fingerprint density at radius 3 is 2.45 bits per heavy atom. The SMILES string of the molecule is CCCN(c1cccnc1)C1CCN(C[C@H]2CN([C@@H](C(=O)O)C3CCCCC3)C[C@@H]2c2ccccc2)CC1. The molecule has 206 valence electrons. The number of piperidine rings is 1. The van der Waals surface area contributed by atoms with Gasteiger partial charge in [0.05, 0.1) is 11.9 Å². The van der Waals surface area contributed by atoms with Crippen molar-refractivity contribution >= 4 is 11.7 Å². The molecule has 1 saturated carbocycles. The highest BCUT2D eigenvalue weighted by Crippen LogP contribution is 2.38. The Hall–Kier alpha value is -2.44. The minimum absolute atomic E-state index is 0.296. The summed E-state index contributed by atoms with van der Waals surface area (Å²) in [5.41, 5.74) is 2.61. The number of carbonyl (C=O) groups is 1. The van der Waals surface area contributed by atoms with Crippen LogP contribution < -0.4 is 4.90 Å². The number of hydrogen-bond donors (Lipinski definition) is 1. The van der Waals surface area contributed by atoms with Gasteiger partial charge in [-0.2, -0.15) is 0 Å². The van der Waals surface area contributed by atoms with Crippen molar-refractivity contribution in [3.8, 4) is 0 Å². The molecule has 2 saturated heterocycles. The van der Waals surface area contributed by atoms with Crippen molar-refractivity contribution in [2.24, 2.45) is 11.8 Å². The Morgan fingerprint density at radius 1 is 1.03 bits per heavy atom. The molecule has 3 aliphatic rings. The van der Waals surface area contributed by atoms with Crippen molar-refractivity contribution in [2.75, 3.05) is 44.2 Å². The third-order valence-corrected chi connectivity index (χ3v) is 9.37. The summed E-state index contributed by atoms with van der Waals surface area (Å²) in [6.07, 6.45) is 13.1. The Morgan fingerprint density at radius 2 is 1.79 bits per heavy atom. The first-order chi connectivity index (χ1) is 18.6. The van der Waals surface area contributed by atoms with E-state index >= 15 is 0 Å². The lowest BCUT2D eigenvalue weighted by Crippen LogP contribution is -2.48. The van der Waals surface area contributed by atoms with Crippen LogP contribution in [0.2, 0.25) is 0 Å². The lowest BCUT2D eigenvalue weighted by Gasteiger charge is -2.40. The third kappa shape index (κ3) is 6.40. The number of likely N-dealkylation sites (tertiary alicyclic amines) is 2. The average Bonchev–Trinajstić information content (AvgIpc) is 3.36. The number of nitrogens with zero attached hydrogens (tertiary/aromatic N) is 4. The lowest BCUT2D eigenvalue weighted by atomic mass is 9.83. The second-order valence-electron chi connectivity index (χ2n) is 11.8. The molecule has 2 aromatic rings. The molecule has 0 bridgehead atoms. The standard InChI is InChI=1S/C32H46N4O2/c1-2-18-36(29-14-9-17-33-21-29)28-15-19-34(20-16-28)22-27-23-35(24-30(27)25-10-5-3-6-11-25)31(32(37)38)26-12-7-4-8-13-26/h3,5-6,9-11,14,17,21,26-28,30-31H,2,4,7-8,12-13,15-16,18-20,22-24H2,1H3,(H,37,38)/t27-,30+,31+/m0/s1. The van der Waals surface area contributed by atoms with Crippen LogP contribution in [0.1, 0.15) is 69.8 Å². The molecule has 2 aliphatic heterocycles. The van der Waals surface area contributed by atoms with Gasteiger partial charge in [0.15, 0.2) is 0 Å². The first kappa shape index (κ1) is 27.1. The zero-order chi connectivity index (χ0) is 26.3. The van der Waals surface area contributed by atoms with Crippen LogP contribution in [-0.2, 0) is 4.79 Å². The molecule has 3 fully saturated rings. The van der Waals surface area contributed by atoms with Crippen molar-refractivity contribution in [1.82, 2.24) is 14.8 Å². The maximum Gasteiger partial charge on any atom is 0.321 e. The number of anilines is 1. The molecule has 1 aliphatic carbocycles. The van der Waals surface area contributed by atoms with E-state index in [4.69, 9.17) is 0 Å². The predicted octanol–water partition coefficient (Wildman–Crippen LogP) is 5.51. The van der Waals surface area contributed by atoms with E-state index in [1.54, 1.807) is 0 Å². The summed E-state index contributed by atoms with van der Waals surface area (Å²) in [6, 6.07) is 15.3. The normalized spacial score (nSPS) is 24.9. The van der Waals surface area contributed by atoms with E-state index in [1.165, 1.54) is 43.4 Å². The molecule has 1 aromatic heterocycles. The summed E-state index contributed by atoms with van der Waals surface area (Å²) in [6.45, 7) is 8.35. The molecule has 6 nitrogen and oxygen atoms in total. The Bertz CT molecular complexity index is 989. The highest BCUT2D eigenvalue weighted by atomic mass is 16.4. The average molecular weight is 519 g/mol. The van der Waals surface area contributed by atoms with E-state index < -0.39 is 5.97 Å². The van der Waals surface area contributed by atoms with E-state index in [-0.39, 0.29) is 6.04 Å². The summed E-state index contributed by atoms with van der Waals surface area (Å²) in [5, 5.41) is 10.3. The molecule has 0 unspecified atom stereocenters. The van der Waals surface area contributed by atoms with E-state index in [0.29, 0.717) is 23.8 Å². The van der Waals surface area contributed by atoms with Gasteiger partial charge in [-0.05, 0) is 61.6 Å². The number of rotatable bonds is 10. The highest BCUT2D eigenvalue weighted by Gasteiger charge is 2.43. The molecule has 6 heteroatoms. The van der Waals surface area contributed by atoms with Crippen LogP contribution in [0.4, 0.5) is 5.69 Å². The summed E-state index contributed by atoms with van der Waals surface area (Å²) in [4.78, 5) is 24.5. The summed E-state index contributed by atoms with van der Waals surface area (Å²) in [7, 11) is 0. The Balaban J connectivity index is 1.26. The van der Waals surface area contributed by atoms with Crippen LogP contribution in [0.25, 0.3) is 0 Å². The fraction of sp³-hybridized carbons (Fsp3) is 0.625. The minimum Gasteiger partial charge on any atom is -0.480 e. The molecule has 1 N–H and O–H groups in total. The Labute approximate surface area is 229 Å². The van der Waals surface area contributed by atoms with Gasteiger partial charge in [0.1, 0.15) is 6.04 Å². The number of benzene rings is 1. The molecule has 0 radical (unpaired) electrons. The van der Waals surface area contributed by atoms with Gasteiger partial charge in [-0.3, -0.25) is 14.7 Å². The zero-order valence-electron chi connectivity index (χ0n) is 23.1. The second-order valence-corrected chi connectivity index (χ2v) is 11.8. The maximum atomic E-state index is 12.5. The molecule has 0 amide bonds. The van der Waals surface area contributed by atoms with Crippen LogP contribution in [0, 0.1) is 11.8 Å². The summed E-state index contributed by atoms with van der Waals surface area (Å²) < 4.78 is 0. The summed E-state index contributed by atoms with van der Waals surface area (Å²) in [5.74, 6) is 0.539. The van der Waals surface area contributed by atoms with Crippen molar-refractivity contribution in [3.63, 3.8) is 0 Å². The molecule has 1 aromatic carbocycles. The molecule has 3 heterocycles. The fourth-order valence-corrected chi connectivity index (χ4v) is 7.53. The molecular weight excluding hydrogens is 472 g/mol. The van der Waals surface area contributed by atoms with Gasteiger partial charge in [-0.15, -0.1) is 0 Å². The van der Waals surface area contributed by atoms with Gasteiger partial charge < -0.3 is 14.9 Å². The van der Waals surface area contributed by atoms with Crippen LogP contribution in [-0.4, -0.2) is 77.2 Å². The fourth-order valence-electron chi connectivity index (χ4n) is 7.53. The molecule has 0 spiro atoms. The van der Waals surface area contributed by atoms with E-state index in [0.717, 1.165) is 58.5 Å². The van der Waals surface area contributed by atoms with Crippen molar-refractivity contribution in [3.05, 3.63) is 60.4 Å². The maximum absolute atomic E-state index is 12.5. The van der Waals surface area contributed by atoms with Gasteiger partial charge in [0.2, 0.25) is 0 Å². The lowest BCUT2D eigenvalue weighted by molar-refractivity contribution is -0.145. The monoisotopic (exact) mass is 518 g/mol. The highest BCUT2D eigenvalue weighted by molar-refractivity contribution is 5.74. The minimum atomic E-state index is -0.614. The number of carboxylic acid groups (broad SMARTS) is 1. The number of aromatic nitrogens is 1. The molecular formula is C32H46N4O2. The first-order valence-electron chi connectivity index (χ1n) is 15.0. The Kier molecular flexibility index (Phi) is 9.34. The molecule has 5 rings (SSSR count). The van der Waals surface area contributed by atoms with Gasteiger partial charge >= 0.3 is 5.97 Å². The van der Waals surface area contributed by atoms with Crippen molar-refractivity contribution < 1.29 is 9.90 Å². The van der Waals surface area contributed by atoms with Gasteiger partial charge in [0, 0.05) is 57.4 Å². The van der Waals surface area contributed by atoms with Crippen LogP contribution in [0.3, 0.4) is 0 Å². The predicted molar refractivity (Wildman–Crippen MR) is 154 cm³/mol. The van der Waals surface area contributed by atoms with Crippen LogP contribution in [0.15, 0.2) is 54.9 Å². The van der Waals surface area contributed by atoms with E-state index in [1.807, 2.05) is 18.5 Å². The topological polar surface area (TPSA) is 59.9 Å². The van der Waals surface area contributed by atoms with Gasteiger partial charge in [0.25, 0.3) is 0 Å². The summed E-state index contributed by atoms with van der Waals surface area (Å²) >= 11 is 0. The quantitative estimate of drug-likeness (QED) is 0.448. The second kappa shape index (κ2) is 13.1. The van der Waals surface area contributed by atoms with E-state index in [2.05, 4.69) is 63.0 Å². The largest absolute Gasteiger partial charge is 0.480 e. The zero-order valence-corrected chi connectivity index (χ0v) is 23.1. The number of aliphatic carboxylic acids is 1. The molecule has 3 atom stereocenters. The van der Waals surface area contributed by atoms with Crippen LogP contribution >= 0.6 is 0 Å². The number of carboxylic acids is 1. The van der Waals surface area contributed by atoms with Gasteiger partial charge in [-0.1, -0.05) is 56.5 Å². The molecule has 38 heavy (non-hydrogen) atoms.